The number of nitrogens with zero attached hydrogens (tertiary/aromatic N) is 1. The number of carbonyl (C=O) groups is 2. The third-order valence-corrected chi connectivity index (χ3v) is 7.42. The Morgan fingerprint density at radius 3 is 2.44 bits per heavy atom. The van der Waals surface area contributed by atoms with Crippen molar-refractivity contribution in [1.29, 1.82) is 0 Å². The number of nitrogens with one attached hydrogen (secondary N) is 1. The lowest BCUT2D eigenvalue weighted by Crippen LogP contribution is -2.33. The Hall–Kier alpha value is -2.17. The molecule has 1 aliphatic carbocycles. The monoisotopic (exact) mass is 452 g/mol. The topological polar surface area (TPSA) is 49.4 Å². The van der Waals surface area contributed by atoms with Crippen LogP contribution in [-0.2, 0) is 24.1 Å². The molecule has 0 radical (unpaired) electrons. The zero-order chi connectivity index (χ0) is 21.2. The summed E-state index contributed by atoms with van der Waals surface area (Å²) in [7, 11) is 0. The van der Waals surface area contributed by atoms with Crippen molar-refractivity contribution >= 4 is 29.8 Å². The first kappa shape index (κ1) is 23.0. The molecule has 1 fully saturated rings. The highest BCUT2D eigenvalue weighted by Crippen LogP contribution is 2.39. The molecule has 2 aromatic carbocycles. The van der Waals surface area contributed by atoms with E-state index in [0.29, 0.717) is 18.1 Å². The van der Waals surface area contributed by atoms with Crippen molar-refractivity contribution in [3.63, 3.8) is 0 Å². The molecule has 1 saturated carbocycles. The van der Waals surface area contributed by atoms with E-state index in [1.165, 1.54) is 16.7 Å². The average Bonchev–Trinajstić information content (AvgIpc) is 3.25. The number of halogens is 1. The molecule has 0 bridgehead atoms. The first-order valence-electron chi connectivity index (χ1n) is 11.9. The van der Waals surface area contributed by atoms with E-state index in [2.05, 4.69) is 47.8 Å². The minimum absolute atomic E-state index is 0. The predicted molar refractivity (Wildman–Crippen MR) is 131 cm³/mol. The van der Waals surface area contributed by atoms with Gasteiger partial charge in [-0.25, -0.2) is 0 Å². The van der Waals surface area contributed by atoms with Crippen LogP contribution in [0.5, 0.6) is 0 Å². The van der Waals surface area contributed by atoms with Crippen LogP contribution in [-0.4, -0.2) is 31.3 Å². The van der Waals surface area contributed by atoms with Gasteiger partial charge in [-0.1, -0.05) is 30.3 Å². The van der Waals surface area contributed by atoms with E-state index in [1.54, 1.807) is 0 Å². The van der Waals surface area contributed by atoms with Crippen LogP contribution < -0.4 is 10.2 Å². The van der Waals surface area contributed by atoms with Gasteiger partial charge in [0.05, 0.1) is 5.69 Å². The molecular formula is C27H33ClN2O2. The molecule has 2 heterocycles. The van der Waals surface area contributed by atoms with Crippen LogP contribution in [0.4, 0.5) is 5.69 Å². The van der Waals surface area contributed by atoms with Gasteiger partial charge < -0.3 is 10.2 Å². The summed E-state index contributed by atoms with van der Waals surface area (Å²) >= 11 is 0. The maximum Gasteiger partial charge on any atom is 0.227 e. The van der Waals surface area contributed by atoms with E-state index >= 15 is 0 Å². The van der Waals surface area contributed by atoms with Crippen molar-refractivity contribution in [2.75, 3.05) is 24.5 Å². The number of hydrogen-bond donors (Lipinski definition) is 1. The molecule has 0 atom stereocenters. The van der Waals surface area contributed by atoms with Gasteiger partial charge in [-0.05, 0) is 92.8 Å². The molecule has 4 nitrogen and oxygen atoms in total. The van der Waals surface area contributed by atoms with Crippen molar-refractivity contribution in [3.05, 3.63) is 64.7 Å². The Kier molecular flexibility index (Phi) is 7.32. The number of benzene rings is 2. The Morgan fingerprint density at radius 1 is 0.969 bits per heavy atom. The smallest absolute Gasteiger partial charge is 0.227 e. The van der Waals surface area contributed by atoms with Crippen LogP contribution in [0, 0.1) is 11.8 Å². The standard InChI is InChI=1S/C27H32N2O2.ClH/c30-25-11-10-22-16-24(17-23-13-15-29(25)26(22)23)27(31)21-8-6-20(7-9-21)18-28-14-12-19-4-2-1-3-5-19;/h1-5,16-17,20-21,28H,6-15,18H2;1H/t20-,21-;. The fraction of sp³-hybridized carbons (Fsp3) is 0.481. The number of ketones is 1. The summed E-state index contributed by atoms with van der Waals surface area (Å²) in [6, 6.07) is 14.8. The summed E-state index contributed by atoms with van der Waals surface area (Å²) in [5.74, 6) is 1.40. The van der Waals surface area contributed by atoms with Gasteiger partial charge in [-0.2, -0.15) is 0 Å². The van der Waals surface area contributed by atoms with Gasteiger partial charge in [-0.15, -0.1) is 12.4 Å². The first-order chi connectivity index (χ1) is 15.2. The molecule has 2 aliphatic heterocycles. The van der Waals surface area contributed by atoms with Crippen molar-refractivity contribution < 1.29 is 9.59 Å². The normalized spacial score (nSPS) is 21.8. The van der Waals surface area contributed by atoms with E-state index in [-0.39, 0.29) is 24.2 Å². The van der Waals surface area contributed by atoms with E-state index < -0.39 is 0 Å². The predicted octanol–water partition coefficient (Wildman–Crippen LogP) is 4.77. The summed E-state index contributed by atoms with van der Waals surface area (Å²) in [5.41, 5.74) is 5.78. The lowest BCUT2D eigenvalue weighted by Gasteiger charge is -2.29. The van der Waals surface area contributed by atoms with E-state index in [1.807, 2.05) is 4.90 Å². The third kappa shape index (κ3) is 4.77. The molecule has 0 spiro atoms. The molecule has 32 heavy (non-hydrogen) atoms. The Bertz CT molecular complexity index is 967. The SMILES string of the molecule is Cl.O=C1CCc2cc(C(=O)[C@H]3CC[C@H](CNCCc4ccccc4)CC3)cc3c2N1CC3. The second kappa shape index (κ2) is 10.2. The molecule has 170 valence electrons. The van der Waals surface area contributed by atoms with Crippen LogP contribution in [0.1, 0.15) is 59.2 Å². The average molecular weight is 453 g/mol. The van der Waals surface area contributed by atoms with Gasteiger partial charge >= 0.3 is 0 Å². The molecule has 5 heteroatoms. The lowest BCUT2D eigenvalue weighted by molar-refractivity contribution is -0.118. The number of Topliss-reactive ketones (excluding diaryl/α,β-unsaturated/α-hetero) is 1. The first-order valence-corrected chi connectivity index (χ1v) is 11.9. The number of anilines is 1. The molecule has 0 saturated heterocycles. The van der Waals surface area contributed by atoms with Gasteiger partial charge in [-0.3, -0.25) is 9.59 Å². The zero-order valence-electron chi connectivity index (χ0n) is 18.6. The zero-order valence-corrected chi connectivity index (χ0v) is 19.5. The van der Waals surface area contributed by atoms with Crippen molar-refractivity contribution in [2.45, 2.75) is 51.4 Å². The second-order valence-electron chi connectivity index (χ2n) is 9.46. The second-order valence-corrected chi connectivity index (χ2v) is 9.46. The van der Waals surface area contributed by atoms with E-state index in [0.717, 1.165) is 75.8 Å². The van der Waals surface area contributed by atoms with Crippen LogP contribution in [0.3, 0.4) is 0 Å². The van der Waals surface area contributed by atoms with Crippen LogP contribution >= 0.6 is 12.4 Å². The third-order valence-electron chi connectivity index (χ3n) is 7.42. The molecule has 0 unspecified atom stereocenters. The summed E-state index contributed by atoms with van der Waals surface area (Å²) < 4.78 is 0. The van der Waals surface area contributed by atoms with Crippen molar-refractivity contribution in [2.24, 2.45) is 11.8 Å². The van der Waals surface area contributed by atoms with Crippen LogP contribution in [0.2, 0.25) is 0 Å². The number of carbonyl (C=O) groups excluding carboxylic acids is 2. The fourth-order valence-electron chi connectivity index (χ4n) is 5.65. The summed E-state index contributed by atoms with van der Waals surface area (Å²) in [6.07, 6.45) is 7.58. The number of amides is 1. The lowest BCUT2D eigenvalue weighted by atomic mass is 9.78. The maximum atomic E-state index is 13.3. The van der Waals surface area contributed by atoms with E-state index in [4.69, 9.17) is 0 Å². The summed E-state index contributed by atoms with van der Waals surface area (Å²) in [5, 5.41) is 3.62. The molecule has 5 rings (SSSR count). The quantitative estimate of drug-likeness (QED) is 0.486. The van der Waals surface area contributed by atoms with Crippen molar-refractivity contribution in [1.82, 2.24) is 5.32 Å². The summed E-state index contributed by atoms with van der Waals surface area (Å²) in [4.78, 5) is 27.3. The number of hydrogen-bond acceptors (Lipinski definition) is 3. The van der Waals surface area contributed by atoms with Crippen molar-refractivity contribution in [3.8, 4) is 0 Å². The van der Waals surface area contributed by atoms with Crippen LogP contribution in [0.25, 0.3) is 0 Å². The molecular weight excluding hydrogens is 420 g/mol. The van der Waals surface area contributed by atoms with Gasteiger partial charge in [0.1, 0.15) is 0 Å². The summed E-state index contributed by atoms with van der Waals surface area (Å²) in [6.45, 7) is 2.85. The number of aryl methyl sites for hydroxylation is 1. The van der Waals surface area contributed by atoms with E-state index in [9.17, 15) is 9.59 Å². The number of rotatable bonds is 7. The van der Waals surface area contributed by atoms with Crippen LogP contribution in [0.15, 0.2) is 42.5 Å². The minimum Gasteiger partial charge on any atom is -0.316 e. The highest BCUT2D eigenvalue weighted by atomic mass is 35.5. The highest BCUT2D eigenvalue weighted by Gasteiger charge is 2.33. The molecule has 3 aliphatic rings. The van der Waals surface area contributed by atoms with Gasteiger partial charge in [0, 0.05) is 24.4 Å². The van der Waals surface area contributed by atoms with Gasteiger partial charge in [0.25, 0.3) is 0 Å². The Labute approximate surface area is 197 Å². The minimum atomic E-state index is 0. The largest absolute Gasteiger partial charge is 0.316 e. The van der Waals surface area contributed by atoms with Gasteiger partial charge in [0.2, 0.25) is 5.91 Å². The molecule has 1 N–H and O–H groups in total. The molecule has 1 amide bonds. The molecule has 2 aromatic rings. The Morgan fingerprint density at radius 2 is 1.69 bits per heavy atom. The Balaban J connectivity index is 0.00000245. The van der Waals surface area contributed by atoms with Gasteiger partial charge in [0.15, 0.2) is 5.78 Å². The fourth-order valence-corrected chi connectivity index (χ4v) is 5.65. The molecule has 0 aromatic heterocycles. The highest BCUT2D eigenvalue weighted by molar-refractivity contribution is 6.02. The maximum absolute atomic E-state index is 13.3.